The van der Waals surface area contributed by atoms with Gasteiger partial charge in [-0.25, -0.2) is 4.79 Å². The largest absolute Gasteiger partial charge is 0.338 e. The highest BCUT2D eigenvalue weighted by Crippen LogP contribution is 2.20. The van der Waals surface area contributed by atoms with E-state index >= 15 is 0 Å². The third-order valence-electron chi connectivity index (χ3n) is 2.80. The van der Waals surface area contributed by atoms with Crippen LogP contribution in [0.5, 0.6) is 0 Å². The van der Waals surface area contributed by atoms with E-state index in [1.54, 1.807) is 12.1 Å². The summed E-state index contributed by atoms with van der Waals surface area (Å²) in [4.78, 5) is 35.0. The van der Waals surface area contributed by atoms with E-state index in [4.69, 9.17) is 0 Å². The maximum atomic E-state index is 11.7. The van der Waals surface area contributed by atoms with Crippen LogP contribution in [0.25, 0.3) is 0 Å². The van der Waals surface area contributed by atoms with Gasteiger partial charge < -0.3 is 10.6 Å². The Morgan fingerprint density at radius 3 is 2.35 bits per heavy atom. The van der Waals surface area contributed by atoms with Gasteiger partial charge in [-0.2, -0.15) is 0 Å². The first-order valence-electron chi connectivity index (χ1n) is 7.45. The predicted octanol–water partition coefficient (Wildman–Crippen LogP) is 2.61. The number of amides is 4. The zero-order valence-corrected chi connectivity index (χ0v) is 14.5. The first-order valence-corrected chi connectivity index (χ1v) is 8.43. The summed E-state index contributed by atoms with van der Waals surface area (Å²) in [5.74, 6) is 0.176. The molecule has 126 valence electrons. The van der Waals surface area contributed by atoms with E-state index in [-0.39, 0.29) is 17.6 Å². The van der Waals surface area contributed by atoms with E-state index in [1.165, 1.54) is 18.7 Å². The predicted molar refractivity (Wildman–Crippen MR) is 92.5 cm³/mol. The van der Waals surface area contributed by atoms with Gasteiger partial charge >= 0.3 is 6.03 Å². The summed E-state index contributed by atoms with van der Waals surface area (Å²) >= 11 is 1.32. The molecule has 3 N–H and O–H groups in total. The SMILES string of the molecule is CC(=O)Nc1ccc(SCC(=O)NC(=O)NCCC(C)C)cc1. The second-order valence-electron chi connectivity index (χ2n) is 5.48. The number of thioether (sulfide) groups is 1. The molecule has 1 aromatic rings. The molecule has 4 amide bonds. The lowest BCUT2D eigenvalue weighted by molar-refractivity contribution is -0.117. The maximum Gasteiger partial charge on any atom is 0.321 e. The van der Waals surface area contributed by atoms with Gasteiger partial charge in [0.15, 0.2) is 0 Å². The van der Waals surface area contributed by atoms with E-state index in [0.29, 0.717) is 18.2 Å². The average molecular weight is 337 g/mol. The number of benzene rings is 1. The molecule has 0 aliphatic carbocycles. The smallest absolute Gasteiger partial charge is 0.321 e. The fraction of sp³-hybridized carbons (Fsp3) is 0.438. The summed E-state index contributed by atoms with van der Waals surface area (Å²) in [6, 6.07) is 6.69. The van der Waals surface area contributed by atoms with Crippen LogP contribution in [0.3, 0.4) is 0 Å². The van der Waals surface area contributed by atoms with Crippen LogP contribution in [-0.4, -0.2) is 30.1 Å². The summed E-state index contributed by atoms with van der Waals surface area (Å²) in [6.45, 7) is 6.13. The topological polar surface area (TPSA) is 87.3 Å². The molecule has 1 aromatic carbocycles. The van der Waals surface area contributed by atoms with Crippen LogP contribution in [0.4, 0.5) is 10.5 Å². The molecule has 0 bridgehead atoms. The van der Waals surface area contributed by atoms with E-state index in [2.05, 4.69) is 29.8 Å². The number of imide groups is 1. The lowest BCUT2D eigenvalue weighted by Gasteiger charge is -2.08. The van der Waals surface area contributed by atoms with Crippen molar-refractivity contribution in [3.05, 3.63) is 24.3 Å². The van der Waals surface area contributed by atoms with Gasteiger partial charge in [-0.05, 0) is 36.6 Å². The first kappa shape index (κ1) is 19.0. The quantitative estimate of drug-likeness (QED) is 0.668. The fourth-order valence-electron chi connectivity index (χ4n) is 1.67. The van der Waals surface area contributed by atoms with Crippen molar-refractivity contribution in [3.8, 4) is 0 Å². The number of urea groups is 1. The third-order valence-corrected chi connectivity index (χ3v) is 3.82. The second-order valence-corrected chi connectivity index (χ2v) is 6.53. The molecule has 6 nitrogen and oxygen atoms in total. The van der Waals surface area contributed by atoms with Crippen molar-refractivity contribution in [1.82, 2.24) is 10.6 Å². The summed E-state index contributed by atoms with van der Waals surface area (Å²) < 4.78 is 0. The van der Waals surface area contributed by atoms with Crippen molar-refractivity contribution < 1.29 is 14.4 Å². The van der Waals surface area contributed by atoms with Crippen molar-refractivity contribution in [3.63, 3.8) is 0 Å². The molecular formula is C16H23N3O3S. The van der Waals surface area contributed by atoms with Gasteiger partial charge in [-0.15, -0.1) is 11.8 Å². The highest BCUT2D eigenvalue weighted by Gasteiger charge is 2.08. The van der Waals surface area contributed by atoms with Gasteiger partial charge in [0, 0.05) is 24.1 Å². The molecule has 0 heterocycles. The molecule has 0 aliphatic rings. The van der Waals surface area contributed by atoms with Gasteiger partial charge in [0.1, 0.15) is 0 Å². The van der Waals surface area contributed by atoms with E-state index < -0.39 is 6.03 Å². The van der Waals surface area contributed by atoms with E-state index in [1.807, 2.05) is 12.1 Å². The van der Waals surface area contributed by atoms with Gasteiger partial charge in [-0.1, -0.05) is 13.8 Å². The highest BCUT2D eigenvalue weighted by atomic mass is 32.2. The molecule has 0 aliphatic heterocycles. The van der Waals surface area contributed by atoms with Crippen LogP contribution < -0.4 is 16.0 Å². The van der Waals surface area contributed by atoms with Crippen LogP contribution >= 0.6 is 11.8 Å². The summed E-state index contributed by atoms with van der Waals surface area (Å²) in [6.07, 6.45) is 0.872. The molecule has 0 atom stereocenters. The number of carbonyl (C=O) groups is 3. The van der Waals surface area contributed by atoms with Crippen LogP contribution in [0.15, 0.2) is 29.2 Å². The van der Waals surface area contributed by atoms with Gasteiger partial charge in [0.25, 0.3) is 0 Å². The fourth-order valence-corrected chi connectivity index (χ4v) is 2.37. The standard InChI is InChI=1S/C16H23N3O3S/c1-11(2)8-9-17-16(22)19-15(21)10-23-14-6-4-13(5-7-14)18-12(3)20/h4-7,11H,8-10H2,1-3H3,(H,18,20)(H2,17,19,21,22). The number of hydrogen-bond donors (Lipinski definition) is 3. The number of nitrogens with one attached hydrogen (secondary N) is 3. The first-order chi connectivity index (χ1) is 10.9. The number of carbonyl (C=O) groups excluding carboxylic acids is 3. The number of rotatable bonds is 7. The molecule has 0 unspecified atom stereocenters. The third kappa shape index (κ3) is 8.87. The minimum atomic E-state index is -0.461. The van der Waals surface area contributed by atoms with Gasteiger partial charge in [0.2, 0.25) is 11.8 Å². The highest BCUT2D eigenvalue weighted by molar-refractivity contribution is 8.00. The summed E-state index contributed by atoms with van der Waals surface area (Å²) in [5.41, 5.74) is 0.704. The summed E-state index contributed by atoms with van der Waals surface area (Å²) in [7, 11) is 0. The Balaban J connectivity index is 2.30. The van der Waals surface area contributed by atoms with Crippen molar-refractivity contribution in [2.75, 3.05) is 17.6 Å². The normalized spacial score (nSPS) is 10.3. The Hall–Kier alpha value is -2.02. The Morgan fingerprint density at radius 1 is 1.13 bits per heavy atom. The van der Waals surface area contributed by atoms with Crippen LogP contribution in [0.2, 0.25) is 0 Å². The lowest BCUT2D eigenvalue weighted by Crippen LogP contribution is -2.40. The van der Waals surface area contributed by atoms with Crippen molar-refractivity contribution >= 4 is 35.3 Å². The van der Waals surface area contributed by atoms with Crippen LogP contribution in [0.1, 0.15) is 27.2 Å². The van der Waals surface area contributed by atoms with E-state index in [0.717, 1.165) is 11.3 Å². The molecule has 0 saturated carbocycles. The molecular weight excluding hydrogens is 314 g/mol. The lowest BCUT2D eigenvalue weighted by atomic mass is 10.1. The zero-order valence-electron chi connectivity index (χ0n) is 13.6. The molecule has 7 heteroatoms. The summed E-state index contributed by atoms with van der Waals surface area (Å²) in [5, 5.41) is 7.61. The Morgan fingerprint density at radius 2 is 1.78 bits per heavy atom. The minimum Gasteiger partial charge on any atom is -0.338 e. The molecule has 0 spiro atoms. The second kappa shape index (κ2) is 9.89. The van der Waals surface area contributed by atoms with Crippen LogP contribution in [-0.2, 0) is 9.59 Å². The van der Waals surface area contributed by atoms with Gasteiger partial charge in [-0.3, -0.25) is 14.9 Å². The molecule has 23 heavy (non-hydrogen) atoms. The van der Waals surface area contributed by atoms with E-state index in [9.17, 15) is 14.4 Å². The van der Waals surface area contributed by atoms with Crippen molar-refractivity contribution in [2.45, 2.75) is 32.1 Å². The minimum absolute atomic E-state index is 0.131. The molecule has 0 fully saturated rings. The van der Waals surface area contributed by atoms with Crippen LogP contribution in [0, 0.1) is 5.92 Å². The molecule has 1 rings (SSSR count). The van der Waals surface area contributed by atoms with Crippen molar-refractivity contribution in [2.24, 2.45) is 5.92 Å². The Labute approximate surface area is 140 Å². The molecule has 0 radical (unpaired) electrons. The average Bonchev–Trinajstić information content (AvgIpc) is 2.45. The monoisotopic (exact) mass is 337 g/mol. The number of hydrogen-bond acceptors (Lipinski definition) is 4. The van der Waals surface area contributed by atoms with Crippen molar-refractivity contribution in [1.29, 1.82) is 0 Å². The number of anilines is 1. The Bertz CT molecular complexity index is 544. The Kier molecular flexibility index (Phi) is 8.18. The molecule has 0 saturated heterocycles. The molecule has 0 aromatic heterocycles. The van der Waals surface area contributed by atoms with Gasteiger partial charge in [0.05, 0.1) is 5.75 Å². The maximum absolute atomic E-state index is 11.7. The zero-order chi connectivity index (χ0) is 17.2.